The molecule has 1 aromatic rings. The van der Waals surface area contributed by atoms with Crippen LogP contribution < -0.4 is 0 Å². The Bertz CT molecular complexity index is 343. The molecule has 0 aliphatic rings. The molecule has 0 aromatic heterocycles. The Balaban J connectivity index is 3.09. The van der Waals surface area contributed by atoms with Gasteiger partial charge in [0.1, 0.15) is 0 Å². The normalized spacial score (nSPS) is 12.4. The average Bonchev–Trinajstić information content (AvgIpc) is 2.25. The molecule has 0 radical (unpaired) electrons. The van der Waals surface area contributed by atoms with Crippen molar-refractivity contribution >= 4 is 11.6 Å². The van der Waals surface area contributed by atoms with Gasteiger partial charge in [0, 0.05) is 0 Å². The molecule has 0 heteroatoms. The molecular weight excluding hydrogens is 168 g/mol. The van der Waals surface area contributed by atoms with Gasteiger partial charge in [0.05, 0.1) is 0 Å². The standard InChI is InChI=1S/C14H18/c1-4-6-9-13-10-7-8-11-14(13)12(3)5-2/h5-11H,4H2,1-3H3/b9-6-,12-5-. The van der Waals surface area contributed by atoms with Crippen molar-refractivity contribution in [1.29, 1.82) is 0 Å². The van der Waals surface area contributed by atoms with E-state index >= 15 is 0 Å². The number of benzene rings is 1. The Hall–Kier alpha value is -1.30. The Kier molecular flexibility index (Phi) is 4.18. The molecule has 0 unspecified atom stereocenters. The fourth-order valence-corrected chi connectivity index (χ4v) is 1.40. The second-order valence-corrected chi connectivity index (χ2v) is 3.37. The zero-order chi connectivity index (χ0) is 10.4. The summed E-state index contributed by atoms with van der Waals surface area (Å²) in [7, 11) is 0. The minimum Gasteiger partial charge on any atom is -0.0842 e. The van der Waals surface area contributed by atoms with E-state index in [1.807, 2.05) is 0 Å². The van der Waals surface area contributed by atoms with Crippen molar-refractivity contribution in [3.8, 4) is 0 Å². The number of hydrogen-bond acceptors (Lipinski definition) is 0. The number of allylic oxidation sites excluding steroid dienone is 3. The summed E-state index contributed by atoms with van der Waals surface area (Å²) in [6.45, 7) is 6.38. The number of hydrogen-bond donors (Lipinski definition) is 0. The Morgan fingerprint density at radius 3 is 2.64 bits per heavy atom. The van der Waals surface area contributed by atoms with Crippen LogP contribution in [0.1, 0.15) is 38.3 Å². The van der Waals surface area contributed by atoms with Crippen molar-refractivity contribution in [2.75, 3.05) is 0 Å². The largest absolute Gasteiger partial charge is 0.0842 e. The smallest absolute Gasteiger partial charge is 0.0158 e. The molecule has 0 bridgehead atoms. The second kappa shape index (κ2) is 5.43. The maximum Gasteiger partial charge on any atom is -0.0158 e. The average molecular weight is 186 g/mol. The van der Waals surface area contributed by atoms with E-state index < -0.39 is 0 Å². The van der Waals surface area contributed by atoms with E-state index in [-0.39, 0.29) is 0 Å². The summed E-state index contributed by atoms with van der Waals surface area (Å²) < 4.78 is 0. The highest BCUT2D eigenvalue weighted by Crippen LogP contribution is 2.19. The van der Waals surface area contributed by atoms with Crippen molar-refractivity contribution in [2.24, 2.45) is 0 Å². The molecule has 0 amide bonds. The van der Waals surface area contributed by atoms with Gasteiger partial charge in [0.15, 0.2) is 0 Å². The summed E-state index contributed by atoms with van der Waals surface area (Å²) in [5.41, 5.74) is 3.98. The Morgan fingerprint density at radius 1 is 1.29 bits per heavy atom. The molecule has 0 N–H and O–H groups in total. The van der Waals surface area contributed by atoms with Crippen molar-refractivity contribution in [2.45, 2.75) is 27.2 Å². The first-order chi connectivity index (χ1) is 6.79. The molecule has 14 heavy (non-hydrogen) atoms. The summed E-state index contributed by atoms with van der Waals surface area (Å²) in [6, 6.07) is 8.51. The van der Waals surface area contributed by atoms with E-state index in [1.165, 1.54) is 16.7 Å². The highest BCUT2D eigenvalue weighted by atomic mass is 14.0. The summed E-state index contributed by atoms with van der Waals surface area (Å²) in [6.07, 6.45) is 7.63. The van der Waals surface area contributed by atoms with Gasteiger partial charge in [-0.15, -0.1) is 0 Å². The van der Waals surface area contributed by atoms with Crippen molar-refractivity contribution in [3.63, 3.8) is 0 Å². The van der Waals surface area contributed by atoms with Crippen LogP contribution in [-0.2, 0) is 0 Å². The fourth-order valence-electron chi connectivity index (χ4n) is 1.40. The van der Waals surface area contributed by atoms with Gasteiger partial charge in [-0.3, -0.25) is 0 Å². The third-order valence-corrected chi connectivity index (χ3v) is 2.35. The topological polar surface area (TPSA) is 0 Å². The van der Waals surface area contributed by atoms with Crippen LogP contribution in [0.25, 0.3) is 11.6 Å². The van der Waals surface area contributed by atoms with E-state index in [0.717, 1.165) is 6.42 Å². The van der Waals surface area contributed by atoms with Gasteiger partial charge in [0.25, 0.3) is 0 Å². The third-order valence-electron chi connectivity index (χ3n) is 2.35. The zero-order valence-electron chi connectivity index (χ0n) is 9.25. The van der Waals surface area contributed by atoms with Gasteiger partial charge in [0.2, 0.25) is 0 Å². The molecule has 1 aromatic carbocycles. The molecule has 74 valence electrons. The first-order valence-electron chi connectivity index (χ1n) is 5.18. The third kappa shape index (κ3) is 2.59. The molecule has 0 heterocycles. The van der Waals surface area contributed by atoms with Crippen LogP contribution in [0.5, 0.6) is 0 Å². The minimum atomic E-state index is 1.09. The lowest BCUT2D eigenvalue weighted by Crippen LogP contribution is -1.84. The van der Waals surface area contributed by atoms with Crippen LogP contribution in [-0.4, -0.2) is 0 Å². The van der Waals surface area contributed by atoms with Crippen LogP contribution in [0.4, 0.5) is 0 Å². The van der Waals surface area contributed by atoms with Gasteiger partial charge >= 0.3 is 0 Å². The van der Waals surface area contributed by atoms with Crippen molar-refractivity contribution in [1.82, 2.24) is 0 Å². The summed E-state index contributed by atoms with van der Waals surface area (Å²) in [5, 5.41) is 0. The van der Waals surface area contributed by atoms with Crippen molar-refractivity contribution < 1.29 is 0 Å². The first kappa shape index (κ1) is 10.8. The predicted octanol–water partition coefficient (Wildman–Crippen LogP) is 4.53. The van der Waals surface area contributed by atoms with Gasteiger partial charge < -0.3 is 0 Å². The van der Waals surface area contributed by atoms with E-state index in [2.05, 4.69) is 63.3 Å². The fraction of sp³-hybridized carbons (Fsp3) is 0.286. The number of rotatable bonds is 3. The van der Waals surface area contributed by atoms with E-state index in [9.17, 15) is 0 Å². The van der Waals surface area contributed by atoms with Crippen LogP contribution in [0, 0.1) is 0 Å². The second-order valence-electron chi connectivity index (χ2n) is 3.37. The molecular formula is C14H18. The lowest BCUT2D eigenvalue weighted by atomic mass is 10.0. The molecule has 0 aliphatic heterocycles. The van der Waals surface area contributed by atoms with Gasteiger partial charge in [-0.25, -0.2) is 0 Å². The molecule has 0 nitrogen and oxygen atoms in total. The molecule has 0 atom stereocenters. The molecule has 0 saturated heterocycles. The van der Waals surface area contributed by atoms with E-state index in [0.29, 0.717) is 0 Å². The SMILES string of the molecule is C/C=C(/C)c1ccccc1/C=C\CC. The van der Waals surface area contributed by atoms with Crippen LogP contribution in [0.15, 0.2) is 36.4 Å². The van der Waals surface area contributed by atoms with Crippen molar-refractivity contribution in [3.05, 3.63) is 47.5 Å². The first-order valence-corrected chi connectivity index (χ1v) is 5.18. The summed E-state index contributed by atoms with van der Waals surface area (Å²) in [4.78, 5) is 0. The van der Waals surface area contributed by atoms with Crippen LogP contribution in [0.3, 0.4) is 0 Å². The lowest BCUT2D eigenvalue weighted by Gasteiger charge is -2.05. The van der Waals surface area contributed by atoms with Gasteiger partial charge in [-0.1, -0.05) is 49.4 Å². The van der Waals surface area contributed by atoms with Gasteiger partial charge in [-0.05, 0) is 37.0 Å². The monoisotopic (exact) mass is 186 g/mol. The van der Waals surface area contributed by atoms with Gasteiger partial charge in [-0.2, -0.15) is 0 Å². The molecule has 0 fully saturated rings. The lowest BCUT2D eigenvalue weighted by molar-refractivity contribution is 1.23. The highest BCUT2D eigenvalue weighted by molar-refractivity contribution is 5.72. The van der Waals surface area contributed by atoms with Crippen LogP contribution in [0.2, 0.25) is 0 Å². The van der Waals surface area contributed by atoms with E-state index in [1.54, 1.807) is 0 Å². The predicted molar refractivity (Wildman–Crippen MR) is 65.1 cm³/mol. The summed E-state index contributed by atoms with van der Waals surface area (Å²) in [5.74, 6) is 0. The summed E-state index contributed by atoms with van der Waals surface area (Å²) >= 11 is 0. The molecule has 0 saturated carbocycles. The maximum atomic E-state index is 2.20. The van der Waals surface area contributed by atoms with Crippen LogP contribution >= 0.6 is 0 Å². The Morgan fingerprint density at radius 2 is 2.00 bits per heavy atom. The quantitative estimate of drug-likeness (QED) is 0.650. The molecule has 0 aliphatic carbocycles. The maximum absolute atomic E-state index is 2.20. The zero-order valence-corrected chi connectivity index (χ0v) is 9.25. The minimum absolute atomic E-state index is 1.09. The molecule has 0 spiro atoms. The van der Waals surface area contributed by atoms with E-state index in [4.69, 9.17) is 0 Å². The molecule has 1 rings (SSSR count). The highest BCUT2D eigenvalue weighted by Gasteiger charge is 1.98. The Labute approximate surface area is 87.0 Å².